The molecule has 1 aliphatic heterocycles. The van der Waals surface area contributed by atoms with Crippen molar-refractivity contribution in [2.45, 2.75) is 24.8 Å². The lowest BCUT2D eigenvalue weighted by atomic mass is 9.74. The van der Waals surface area contributed by atoms with Gasteiger partial charge in [-0.3, -0.25) is 0 Å². The molecule has 1 N–H and O–H groups in total. The number of nitrogens with one attached hydrogen (secondary N) is 1. The molecule has 1 aliphatic rings. The topological polar surface area (TPSA) is 39.1 Å². The van der Waals surface area contributed by atoms with Gasteiger partial charge in [0.05, 0.1) is 17.6 Å². The fourth-order valence-electron chi connectivity index (χ4n) is 3.90. The second-order valence-electron chi connectivity index (χ2n) is 7.08. The second-order valence-corrected chi connectivity index (χ2v) is 7.52. The van der Waals surface area contributed by atoms with Gasteiger partial charge >= 0.3 is 0 Å². The van der Waals surface area contributed by atoms with Gasteiger partial charge in [-0.2, -0.15) is 0 Å². The molecule has 1 fully saturated rings. The number of hydrogen-bond acceptors (Lipinski definition) is 3. The zero-order valence-electron chi connectivity index (χ0n) is 15.0. The number of benzene rings is 2. The van der Waals surface area contributed by atoms with E-state index in [9.17, 15) is 0 Å². The molecule has 0 spiro atoms. The van der Waals surface area contributed by atoms with Gasteiger partial charge in [0.1, 0.15) is 5.82 Å². The molecule has 0 aliphatic carbocycles. The lowest BCUT2D eigenvalue weighted by Crippen LogP contribution is -2.42. The van der Waals surface area contributed by atoms with Crippen LogP contribution in [-0.4, -0.2) is 29.3 Å². The van der Waals surface area contributed by atoms with E-state index < -0.39 is 0 Å². The van der Waals surface area contributed by atoms with Gasteiger partial charge in [0, 0.05) is 37.2 Å². The number of aryl methyl sites for hydroxylation is 1. The van der Waals surface area contributed by atoms with Crippen molar-refractivity contribution in [1.29, 1.82) is 0 Å². The summed E-state index contributed by atoms with van der Waals surface area (Å²) in [7, 11) is 2.08. The zero-order valence-corrected chi connectivity index (χ0v) is 15.8. The average Bonchev–Trinajstić information content (AvgIpc) is 2.99. The summed E-state index contributed by atoms with van der Waals surface area (Å²) in [6.45, 7) is 3.26. The number of rotatable bonds is 5. The molecule has 136 valence electrons. The van der Waals surface area contributed by atoms with Crippen LogP contribution >= 0.6 is 11.6 Å². The van der Waals surface area contributed by atoms with E-state index in [0.717, 1.165) is 55.5 Å². The molecule has 5 heteroatoms. The Kier molecular flexibility index (Phi) is 4.98. The molecule has 2 aromatic carbocycles. The minimum Gasteiger partial charge on any atom is -0.381 e. The van der Waals surface area contributed by atoms with Crippen molar-refractivity contribution in [2.24, 2.45) is 7.05 Å². The van der Waals surface area contributed by atoms with Crippen LogP contribution in [0, 0.1) is 0 Å². The summed E-state index contributed by atoms with van der Waals surface area (Å²) in [5, 5.41) is 4.44. The summed E-state index contributed by atoms with van der Waals surface area (Å²) in [6, 6.07) is 16.5. The quantitative estimate of drug-likeness (QED) is 0.737. The summed E-state index contributed by atoms with van der Waals surface area (Å²) in [5.41, 5.74) is 3.64. The summed E-state index contributed by atoms with van der Waals surface area (Å²) in [4.78, 5) is 4.76. The van der Waals surface area contributed by atoms with Crippen LogP contribution in [0.25, 0.3) is 11.0 Å². The molecule has 0 bridgehead atoms. The van der Waals surface area contributed by atoms with Crippen LogP contribution in [0.2, 0.25) is 5.02 Å². The Morgan fingerprint density at radius 2 is 1.85 bits per heavy atom. The third kappa shape index (κ3) is 3.37. The average molecular weight is 370 g/mol. The van der Waals surface area contributed by atoms with Crippen LogP contribution < -0.4 is 5.32 Å². The highest BCUT2D eigenvalue weighted by atomic mass is 35.5. The van der Waals surface area contributed by atoms with Crippen LogP contribution in [-0.2, 0) is 23.7 Å². The number of aromatic nitrogens is 2. The van der Waals surface area contributed by atoms with Gasteiger partial charge in [0.2, 0.25) is 0 Å². The molecule has 26 heavy (non-hydrogen) atoms. The number of para-hydroxylation sites is 2. The molecular formula is C21H24ClN3O. The van der Waals surface area contributed by atoms with Gasteiger partial charge in [-0.25, -0.2) is 4.98 Å². The van der Waals surface area contributed by atoms with E-state index in [2.05, 4.69) is 47.3 Å². The smallest absolute Gasteiger partial charge is 0.123 e. The maximum absolute atomic E-state index is 6.09. The number of fused-ring (bicyclic) bond motifs is 1. The highest BCUT2D eigenvalue weighted by Gasteiger charge is 2.34. The SMILES string of the molecule is Cn1c(CNCC2(c3ccc(Cl)cc3)CCOCC2)nc2ccccc21. The third-order valence-electron chi connectivity index (χ3n) is 5.53. The molecule has 4 rings (SSSR count). The zero-order chi connectivity index (χ0) is 18.0. The Balaban J connectivity index is 1.51. The highest BCUT2D eigenvalue weighted by Crippen LogP contribution is 2.35. The Morgan fingerprint density at radius 1 is 1.12 bits per heavy atom. The first-order chi connectivity index (χ1) is 12.7. The van der Waals surface area contributed by atoms with Crippen molar-refractivity contribution in [2.75, 3.05) is 19.8 Å². The molecule has 0 saturated carbocycles. The fraction of sp³-hybridized carbons (Fsp3) is 0.381. The molecule has 4 nitrogen and oxygen atoms in total. The number of ether oxygens (including phenoxy) is 1. The molecular weight excluding hydrogens is 346 g/mol. The molecule has 1 aromatic heterocycles. The van der Waals surface area contributed by atoms with E-state index in [1.807, 2.05) is 18.2 Å². The van der Waals surface area contributed by atoms with E-state index in [1.165, 1.54) is 11.1 Å². The summed E-state index contributed by atoms with van der Waals surface area (Å²) in [6.07, 6.45) is 2.04. The lowest BCUT2D eigenvalue weighted by molar-refractivity contribution is 0.0497. The molecule has 3 aromatic rings. The molecule has 0 radical (unpaired) electrons. The Bertz CT molecular complexity index is 882. The van der Waals surface area contributed by atoms with Crippen molar-refractivity contribution in [3.05, 3.63) is 64.9 Å². The molecule has 0 atom stereocenters. The van der Waals surface area contributed by atoms with Crippen LogP contribution in [0.5, 0.6) is 0 Å². The number of nitrogens with zero attached hydrogens (tertiary/aromatic N) is 2. The van der Waals surface area contributed by atoms with Gasteiger partial charge in [-0.1, -0.05) is 35.9 Å². The normalized spacial score (nSPS) is 16.8. The third-order valence-corrected chi connectivity index (χ3v) is 5.78. The van der Waals surface area contributed by atoms with Crippen LogP contribution in [0.15, 0.2) is 48.5 Å². The van der Waals surface area contributed by atoms with E-state index in [1.54, 1.807) is 0 Å². The van der Waals surface area contributed by atoms with Crippen LogP contribution in [0.3, 0.4) is 0 Å². The van der Waals surface area contributed by atoms with E-state index in [0.29, 0.717) is 0 Å². The Hall–Kier alpha value is -1.88. The largest absolute Gasteiger partial charge is 0.381 e. The molecule has 1 saturated heterocycles. The van der Waals surface area contributed by atoms with E-state index >= 15 is 0 Å². The van der Waals surface area contributed by atoms with Gasteiger partial charge < -0.3 is 14.6 Å². The highest BCUT2D eigenvalue weighted by molar-refractivity contribution is 6.30. The molecule has 0 amide bonds. The number of halogens is 1. The maximum atomic E-state index is 6.09. The fourth-order valence-corrected chi connectivity index (χ4v) is 4.03. The monoisotopic (exact) mass is 369 g/mol. The first kappa shape index (κ1) is 17.5. The standard InChI is InChI=1S/C21H24ClN3O/c1-25-19-5-3-2-4-18(19)24-20(25)14-23-15-21(10-12-26-13-11-21)16-6-8-17(22)9-7-16/h2-9,23H,10-15H2,1H3. The van der Waals surface area contributed by atoms with Crippen LogP contribution in [0.4, 0.5) is 0 Å². The van der Waals surface area contributed by atoms with Crippen molar-refractivity contribution < 1.29 is 4.74 Å². The first-order valence-electron chi connectivity index (χ1n) is 9.13. The Morgan fingerprint density at radius 3 is 2.58 bits per heavy atom. The van der Waals surface area contributed by atoms with Gasteiger partial charge in [-0.15, -0.1) is 0 Å². The number of hydrogen-bond donors (Lipinski definition) is 1. The number of imidazole rings is 1. The maximum Gasteiger partial charge on any atom is 0.123 e. The van der Waals surface area contributed by atoms with Gasteiger partial charge in [0.15, 0.2) is 0 Å². The van der Waals surface area contributed by atoms with Crippen LogP contribution in [0.1, 0.15) is 24.2 Å². The van der Waals surface area contributed by atoms with Gasteiger partial charge in [0.25, 0.3) is 0 Å². The second kappa shape index (κ2) is 7.39. The van der Waals surface area contributed by atoms with Crippen molar-refractivity contribution in [3.8, 4) is 0 Å². The molecule has 2 heterocycles. The van der Waals surface area contributed by atoms with Crippen molar-refractivity contribution in [3.63, 3.8) is 0 Å². The first-order valence-corrected chi connectivity index (χ1v) is 9.51. The van der Waals surface area contributed by atoms with E-state index in [4.69, 9.17) is 21.3 Å². The van der Waals surface area contributed by atoms with Crippen molar-refractivity contribution in [1.82, 2.24) is 14.9 Å². The molecule has 0 unspecified atom stereocenters. The van der Waals surface area contributed by atoms with Gasteiger partial charge in [-0.05, 0) is 42.7 Å². The predicted octanol–water partition coefficient (Wildman–Crippen LogP) is 4.06. The summed E-state index contributed by atoms with van der Waals surface area (Å²) < 4.78 is 7.79. The minimum atomic E-state index is 0.0907. The summed E-state index contributed by atoms with van der Waals surface area (Å²) >= 11 is 6.09. The summed E-state index contributed by atoms with van der Waals surface area (Å²) in [5.74, 6) is 1.06. The predicted molar refractivity (Wildman–Crippen MR) is 106 cm³/mol. The van der Waals surface area contributed by atoms with E-state index in [-0.39, 0.29) is 5.41 Å². The Labute approximate surface area is 159 Å². The van der Waals surface area contributed by atoms with Crippen molar-refractivity contribution >= 4 is 22.6 Å². The lowest BCUT2D eigenvalue weighted by Gasteiger charge is -2.38. The minimum absolute atomic E-state index is 0.0907.